The summed E-state index contributed by atoms with van der Waals surface area (Å²) in [6.45, 7) is 1.83. The molecule has 2 aliphatic rings. The lowest BCUT2D eigenvalue weighted by molar-refractivity contribution is -0.0328. The highest BCUT2D eigenvalue weighted by Gasteiger charge is 2.37. The van der Waals surface area contributed by atoms with Gasteiger partial charge < -0.3 is 10.2 Å². The second-order valence-electron chi connectivity index (χ2n) is 4.69. The smallest absolute Gasteiger partial charge is 0.366 e. The monoisotopic (exact) mass is 274 g/mol. The Balaban J connectivity index is 1.79. The van der Waals surface area contributed by atoms with Gasteiger partial charge in [0.1, 0.15) is 0 Å². The summed E-state index contributed by atoms with van der Waals surface area (Å²) in [7, 11) is 0. The van der Waals surface area contributed by atoms with Gasteiger partial charge in [0.05, 0.1) is 0 Å². The topological polar surface area (TPSA) is 15.3 Å². The van der Waals surface area contributed by atoms with Crippen LogP contribution < -0.4 is 10.2 Å². The first-order valence-corrected chi connectivity index (χ1v) is 6.69. The van der Waals surface area contributed by atoms with Crippen molar-refractivity contribution in [3.63, 3.8) is 0 Å². The molecule has 0 saturated carbocycles. The Morgan fingerprint density at radius 3 is 2.78 bits per heavy atom. The number of nitrogens with one attached hydrogen (secondary N) is 1. The maximum atomic E-state index is 12.3. The molecule has 2 atom stereocenters. The van der Waals surface area contributed by atoms with E-state index >= 15 is 0 Å². The van der Waals surface area contributed by atoms with E-state index in [1.165, 1.54) is 6.07 Å². The predicted molar refractivity (Wildman–Crippen MR) is 65.9 cm³/mol. The Labute approximate surface area is 108 Å². The van der Waals surface area contributed by atoms with Crippen LogP contribution in [-0.4, -0.2) is 30.7 Å². The second kappa shape index (κ2) is 4.35. The van der Waals surface area contributed by atoms with Gasteiger partial charge in [0.25, 0.3) is 0 Å². The molecule has 0 amide bonds. The molecular formula is C12H13F3N2S. The van der Waals surface area contributed by atoms with Gasteiger partial charge in [-0.15, -0.1) is 0 Å². The van der Waals surface area contributed by atoms with Crippen LogP contribution in [-0.2, 0) is 0 Å². The van der Waals surface area contributed by atoms with Gasteiger partial charge in [0, 0.05) is 35.8 Å². The summed E-state index contributed by atoms with van der Waals surface area (Å²) in [4.78, 5) is 2.47. The Bertz CT molecular complexity index is 449. The predicted octanol–water partition coefficient (Wildman–Crippen LogP) is 2.85. The third-order valence-electron chi connectivity index (χ3n) is 3.44. The SMILES string of the molecule is FC(F)(F)Sc1cccc(N2C[C@@H]3C[C@H]2CN3)c1. The van der Waals surface area contributed by atoms with E-state index in [-0.39, 0.29) is 16.7 Å². The normalized spacial score (nSPS) is 26.9. The largest absolute Gasteiger partial charge is 0.446 e. The van der Waals surface area contributed by atoms with Crippen molar-refractivity contribution in [2.45, 2.75) is 28.9 Å². The van der Waals surface area contributed by atoms with Gasteiger partial charge in [0.2, 0.25) is 0 Å². The molecule has 18 heavy (non-hydrogen) atoms. The summed E-state index contributed by atoms with van der Waals surface area (Å²) in [5.41, 5.74) is -3.32. The van der Waals surface area contributed by atoms with Gasteiger partial charge in [-0.25, -0.2) is 0 Å². The molecule has 0 aromatic heterocycles. The lowest BCUT2D eigenvalue weighted by atomic mass is 10.2. The molecule has 98 valence electrons. The zero-order chi connectivity index (χ0) is 12.8. The molecule has 2 aliphatic heterocycles. The summed E-state index contributed by atoms with van der Waals surface area (Å²) in [6.07, 6.45) is 1.09. The van der Waals surface area contributed by atoms with E-state index in [9.17, 15) is 13.2 Å². The number of alkyl halides is 3. The van der Waals surface area contributed by atoms with Gasteiger partial charge in [-0.1, -0.05) is 6.07 Å². The minimum absolute atomic E-state index is 0.0486. The fourth-order valence-electron chi connectivity index (χ4n) is 2.74. The van der Waals surface area contributed by atoms with E-state index in [0.29, 0.717) is 12.1 Å². The van der Waals surface area contributed by atoms with Crippen LogP contribution in [0.1, 0.15) is 6.42 Å². The first-order chi connectivity index (χ1) is 8.51. The van der Waals surface area contributed by atoms with Crippen molar-refractivity contribution in [1.29, 1.82) is 0 Å². The van der Waals surface area contributed by atoms with Crippen molar-refractivity contribution < 1.29 is 13.2 Å². The van der Waals surface area contributed by atoms with Gasteiger partial charge in [-0.05, 0) is 36.4 Å². The van der Waals surface area contributed by atoms with Crippen LogP contribution >= 0.6 is 11.8 Å². The summed E-state index contributed by atoms with van der Waals surface area (Å²) in [5, 5.41) is 3.38. The minimum Gasteiger partial charge on any atom is -0.366 e. The maximum Gasteiger partial charge on any atom is 0.446 e. The third kappa shape index (κ3) is 2.44. The lowest BCUT2D eigenvalue weighted by Gasteiger charge is -2.29. The lowest BCUT2D eigenvalue weighted by Crippen LogP contribution is -2.43. The fraction of sp³-hybridized carbons (Fsp3) is 0.500. The number of hydrogen-bond acceptors (Lipinski definition) is 3. The Morgan fingerprint density at radius 2 is 2.17 bits per heavy atom. The average Bonchev–Trinajstić information content (AvgIpc) is 2.88. The molecule has 1 aromatic rings. The van der Waals surface area contributed by atoms with Crippen LogP contribution in [0, 0.1) is 0 Å². The van der Waals surface area contributed by atoms with Crippen LogP contribution in [0.25, 0.3) is 0 Å². The van der Waals surface area contributed by atoms with Crippen LogP contribution in [0.4, 0.5) is 18.9 Å². The Kier molecular flexibility index (Phi) is 2.94. The summed E-state index contributed by atoms with van der Waals surface area (Å²) in [6, 6.07) is 7.66. The molecule has 6 heteroatoms. The molecule has 1 aromatic carbocycles. The van der Waals surface area contributed by atoms with Crippen molar-refractivity contribution in [3.8, 4) is 0 Å². The molecule has 2 fully saturated rings. The van der Waals surface area contributed by atoms with Crippen LogP contribution in [0.15, 0.2) is 29.2 Å². The molecule has 3 rings (SSSR count). The molecule has 1 N–H and O–H groups in total. The first kappa shape index (κ1) is 12.2. The Hall–Kier alpha value is -0.880. The van der Waals surface area contributed by atoms with Crippen molar-refractivity contribution in [3.05, 3.63) is 24.3 Å². The summed E-state index contributed by atoms with van der Waals surface area (Å²) in [5.74, 6) is 0. The number of hydrogen-bond donors (Lipinski definition) is 1. The number of nitrogens with zero attached hydrogens (tertiary/aromatic N) is 1. The van der Waals surface area contributed by atoms with E-state index < -0.39 is 5.51 Å². The molecule has 0 spiro atoms. The van der Waals surface area contributed by atoms with Gasteiger partial charge in [-0.2, -0.15) is 13.2 Å². The molecule has 0 radical (unpaired) electrons. The van der Waals surface area contributed by atoms with Gasteiger partial charge in [-0.3, -0.25) is 0 Å². The first-order valence-electron chi connectivity index (χ1n) is 5.87. The number of anilines is 1. The van der Waals surface area contributed by atoms with Crippen molar-refractivity contribution >= 4 is 17.4 Å². The minimum atomic E-state index is -4.22. The molecule has 2 nitrogen and oxygen atoms in total. The molecule has 2 heterocycles. The third-order valence-corrected chi connectivity index (χ3v) is 4.16. The number of benzene rings is 1. The number of piperazine rings is 1. The van der Waals surface area contributed by atoms with Crippen molar-refractivity contribution in [2.75, 3.05) is 18.0 Å². The fourth-order valence-corrected chi connectivity index (χ4v) is 3.33. The zero-order valence-corrected chi connectivity index (χ0v) is 10.4. The van der Waals surface area contributed by atoms with Gasteiger partial charge >= 0.3 is 5.51 Å². The van der Waals surface area contributed by atoms with Crippen LogP contribution in [0.3, 0.4) is 0 Å². The van der Waals surface area contributed by atoms with E-state index in [0.717, 1.165) is 25.2 Å². The number of thioether (sulfide) groups is 1. The molecule has 0 aliphatic carbocycles. The highest BCUT2D eigenvalue weighted by molar-refractivity contribution is 8.00. The molecule has 2 bridgehead atoms. The van der Waals surface area contributed by atoms with E-state index in [1.807, 2.05) is 6.07 Å². The number of fused-ring (bicyclic) bond motifs is 2. The molecule has 0 unspecified atom stereocenters. The van der Waals surface area contributed by atoms with Gasteiger partial charge in [0.15, 0.2) is 0 Å². The summed E-state index contributed by atoms with van der Waals surface area (Å²) < 4.78 is 37.0. The Morgan fingerprint density at radius 1 is 1.33 bits per heavy atom. The quantitative estimate of drug-likeness (QED) is 0.835. The van der Waals surface area contributed by atoms with Crippen LogP contribution in [0.5, 0.6) is 0 Å². The standard InChI is InChI=1S/C12H13F3N2S/c13-12(14,15)18-11-3-1-2-9(5-11)17-7-8-4-10(17)6-16-8/h1-3,5,8,10,16H,4,6-7H2/t8-,10-/m0/s1. The van der Waals surface area contributed by atoms with E-state index in [2.05, 4.69) is 10.2 Å². The second-order valence-corrected chi connectivity index (χ2v) is 5.83. The highest BCUT2D eigenvalue weighted by atomic mass is 32.2. The number of rotatable bonds is 2. The van der Waals surface area contributed by atoms with Crippen LogP contribution in [0.2, 0.25) is 0 Å². The van der Waals surface area contributed by atoms with E-state index in [1.54, 1.807) is 12.1 Å². The van der Waals surface area contributed by atoms with E-state index in [4.69, 9.17) is 0 Å². The van der Waals surface area contributed by atoms with Crippen molar-refractivity contribution in [2.24, 2.45) is 0 Å². The molecule has 2 saturated heterocycles. The summed E-state index contributed by atoms with van der Waals surface area (Å²) >= 11 is -0.0486. The number of halogens is 3. The molecular weight excluding hydrogens is 261 g/mol. The average molecular weight is 274 g/mol. The highest BCUT2D eigenvalue weighted by Crippen LogP contribution is 2.39. The van der Waals surface area contributed by atoms with Crippen molar-refractivity contribution in [1.82, 2.24) is 5.32 Å². The zero-order valence-electron chi connectivity index (χ0n) is 9.57. The maximum absolute atomic E-state index is 12.3.